The van der Waals surface area contributed by atoms with Gasteiger partial charge < -0.3 is 14.7 Å². The van der Waals surface area contributed by atoms with Crippen LogP contribution in [0.4, 0.5) is 4.79 Å². The highest BCUT2D eigenvalue weighted by Gasteiger charge is 2.48. The number of likely N-dealkylation sites (tertiary alicyclic amines) is 2. The Balaban J connectivity index is 1.98. The molecule has 2 fully saturated rings. The quantitative estimate of drug-likeness (QED) is 0.703. The van der Waals surface area contributed by atoms with Crippen molar-refractivity contribution in [3.8, 4) is 0 Å². The molecule has 3 amide bonds. The Morgan fingerprint density at radius 3 is 2.42 bits per heavy atom. The Kier molecular flexibility index (Phi) is 3.83. The zero-order valence-electron chi connectivity index (χ0n) is 11.9. The van der Waals surface area contributed by atoms with Gasteiger partial charge in [-0.25, -0.2) is 4.79 Å². The number of carbonyl (C=O) groups excluding carboxylic acids is 2. The summed E-state index contributed by atoms with van der Waals surface area (Å²) in [5.41, 5.74) is -0.216. The molecule has 0 saturated carbocycles. The summed E-state index contributed by atoms with van der Waals surface area (Å²) in [6.45, 7) is 6.53. The van der Waals surface area contributed by atoms with Crippen molar-refractivity contribution < 1.29 is 9.59 Å². The molecule has 2 saturated heterocycles. The molecule has 2 aliphatic heterocycles. The Bertz CT molecular complexity index is 384. The zero-order valence-corrected chi connectivity index (χ0v) is 11.9. The van der Waals surface area contributed by atoms with E-state index in [2.05, 4.69) is 6.58 Å². The van der Waals surface area contributed by atoms with Crippen molar-refractivity contribution in [3.63, 3.8) is 0 Å². The SMILES string of the molecule is C=CCN1CCC2(CCN(C(=O)N(C)C)CC2)C1=O. The highest BCUT2D eigenvalue weighted by molar-refractivity contribution is 5.85. The molecule has 0 radical (unpaired) electrons. The summed E-state index contributed by atoms with van der Waals surface area (Å²) >= 11 is 0. The van der Waals surface area contributed by atoms with Crippen LogP contribution in [0.2, 0.25) is 0 Å². The lowest BCUT2D eigenvalue weighted by atomic mass is 9.77. The zero-order chi connectivity index (χ0) is 14.0. The fourth-order valence-corrected chi connectivity index (χ4v) is 3.10. The van der Waals surface area contributed by atoms with Gasteiger partial charge in [-0.2, -0.15) is 0 Å². The van der Waals surface area contributed by atoms with Gasteiger partial charge in [0.15, 0.2) is 0 Å². The Morgan fingerprint density at radius 1 is 1.32 bits per heavy atom. The first-order chi connectivity index (χ1) is 9.00. The van der Waals surface area contributed by atoms with Crippen molar-refractivity contribution in [2.45, 2.75) is 19.3 Å². The maximum atomic E-state index is 12.4. The number of rotatable bonds is 2. The summed E-state index contributed by atoms with van der Waals surface area (Å²) in [6.07, 6.45) is 4.28. The minimum Gasteiger partial charge on any atom is -0.338 e. The lowest BCUT2D eigenvalue weighted by molar-refractivity contribution is -0.137. The lowest BCUT2D eigenvalue weighted by Crippen LogP contribution is -2.49. The summed E-state index contributed by atoms with van der Waals surface area (Å²) in [6, 6.07) is 0.0447. The molecule has 5 heteroatoms. The standard InChI is InChI=1S/C14H23N3O2/c1-4-8-16-9-5-14(12(16)18)6-10-17(11-7-14)13(19)15(2)3/h4H,1,5-11H2,2-3H3. The summed E-state index contributed by atoms with van der Waals surface area (Å²) in [7, 11) is 3.53. The summed E-state index contributed by atoms with van der Waals surface area (Å²) < 4.78 is 0. The molecule has 0 N–H and O–H groups in total. The largest absolute Gasteiger partial charge is 0.338 e. The van der Waals surface area contributed by atoms with Gasteiger partial charge in [0.25, 0.3) is 0 Å². The molecule has 0 unspecified atom stereocenters. The van der Waals surface area contributed by atoms with Gasteiger partial charge in [-0.3, -0.25) is 4.79 Å². The number of amides is 3. The second kappa shape index (κ2) is 5.23. The number of urea groups is 1. The molecule has 2 rings (SSSR count). The fourth-order valence-electron chi connectivity index (χ4n) is 3.10. The predicted molar refractivity (Wildman–Crippen MR) is 73.7 cm³/mol. The topological polar surface area (TPSA) is 43.9 Å². The van der Waals surface area contributed by atoms with Crippen LogP contribution in [-0.2, 0) is 4.79 Å². The van der Waals surface area contributed by atoms with Gasteiger partial charge >= 0.3 is 6.03 Å². The molecular formula is C14H23N3O2. The molecule has 0 bridgehead atoms. The van der Waals surface area contributed by atoms with Crippen LogP contribution >= 0.6 is 0 Å². The highest BCUT2D eigenvalue weighted by atomic mass is 16.2. The molecule has 0 atom stereocenters. The van der Waals surface area contributed by atoms with Crippen molar-refractivity contribution in [2.24, 2.45) is 5.41 Å². The maximum absolute atomic E-state index is 12.4. The van der Waals surface area contributed by atoms with Crippen LogP contribution in [-0.4, -0.2) is 66.9 Å². The Labute approximate surface area is 114 Å². The molecule has 5 nitrogen and oxygen atoms in total. The van der Waals surface area contributed by atoms with E-state index in [0.29, 0.717) is 19.6 Å². The third-order valence-electron chi connectivity index (χ3n) is 4.32. The van der Waals surface area contributed by atoms with Gasteiger partial charge in [0.05, 0.1) is 5.41 Å². The first-order valence-electron chi connectivity index (χ1n) is 6.87. The smallest absolute Gasteiger partial charge is 0.319 e. The van der Waals surface area contributed by atoms with E-state index >= 15 is 0 Å². The molecular weight excluding hydrogens is 242 g/mol. The van der Waals surface area contributed by atoms with Crippen LogP contribution < -0.4 is 0 Å². The van der Waals surface area contributed by atoms with Gasteiger partial charge in [0.2, 0.25) is 5.91 Å². The van der Waals surface area contributed by atoms with E-state index in [0.717, 1.165) is 25.8 Å². The van der Waals surface area contributed by atoms with Crippen LogP contribution in [0, 0.1) is 5.41 Å². The first kappa shape index (κ1) is 13.9. The van der Waals surface area contributed by atoms with Crippen LogP contribution in [0.3, 0.4) is 0 Å². The molecule has 19 heavy (non-hydrogen) atoms. The molecule has 0 aliphatic carbocycles. The fraction of sp³-hybridized carbons (Fsp3) is 0.714. The maximum Gasteiger partial charge on any atom is 0.319 e. The van der Waals surface area contributed by atoms with Gasteiger partial charge in [-0.1, -0.05) is 6.08 Å². The second-order valence-electron chi connectivity index (χ2n) is 5.73. The van der Waals surface area contributed by atoms with Crippen molar-refractivity contribution in [2.75, 3.05) is 40.3 Å². The van der Waals surface area contributed by atoms with Gasteiger partial charge in [-0.15, -0.1) is 6.58 Å². The lowest BCUT2D eigenvalue weighted by Gasteiger charge is -2.38. The van der Waals surface area contributed by atoms with E-state index in [-0.39, 0.29) is 17.4 Å². The number of carbonyl (C=O) groups is 2. The number of nitrogens with zero attached hydrogens (tertiary/aromatic N) is 3. The second-order valence-corrected chi connectivity index (χ2v) is 5.73. The van der Waals surface area contributed by atoms with E-state index < -0.39 is 0 Å². The highest BCUT2D eigenvalue weighted by Crippen LogP contribution is 2.41. The third kappa shape index (κ3) is 2.46. The van der Waals surface area contributed by atoms with E-state index in [1.165, 1.54) is 0 Å². The molecule has 0 aromatic rings. The van der Waals surface area contributed by atoms with Crippen molar-refractivity contribution in [1.29, 1.82) is 0 Å². The monoisotopic (exact) mass is 265 g/mol. The molecule has 106 valence electrons. The van der Waals surface area contributed by atoms with Crippen molar-refractivity contribution in [3.05, 3.63) is 12.7 Å². The van der Waals surface area contributed by atoms with Crippen LogP contribution in [0.15, 0.2) is 12.7 Å². The first-order valence-corrected chi connectivity index (χ1v) is 6.87. The van der Waals surface area contributed by atoms with E-state index in [1.807, 2.05) is 9.80 Å². The average molecular weight is 265 g/mol. The Hall–Kier alpha value is -1.52. The number of hydrogen-bond donors (Lipinski definition) is 0. The molecule has 2 heterocycles. The van der Waals surface area contributed by atoms with Gasteiger partial charge in [0, 0.05) is 40.3 Å². The van der Waals surface area contributed by atoms with Crippen LogP contribution in [0.25, 0.3) is 0 Å². The van der Waals surface area contributed by atoms with Crippen LogP contribution in [0.5, 0.6) is 0 Å². The van der Waals surface area contributed by atoms with Gasteiger partial charge in [0.1, 0.15) is 0 Å². The molecule has 0 aromatic heterocycles. The van der Waals surface area contributed by atoms with E-state index in [4.69, 9.17) is 0 Å². The summed E-state index contributed by atoms with van der Waals surface area (Å²) in [5, 5.41) is 0. The molecule has 2 aliphatic rings. The van der Waals surface area contributed by atoms with Crippen molar-refractivity contribution >= 4 is 11.9 Å². The Morgan fingerprint density at radius 2 is 1.89 bits per heavy atom. The molecule has 0 aromatic carbocycles. The van der Waals surface area contributed by atoms with Crippen LogP contribution in [0.1, 0.15) is 19.3 Å². The molecule has 1 spiro atoms. The average Bonchev–Trinajstić information content (AvgIpc) is 2.69. The predicted octanol–water partition coefficient (Wildman–Crippen LogP) is 1.17. The van der Waals surface area contributed by atoms with E-state index in [1.54, 1.807) is 25.1 Å². The normalized spacial score (nSPS) is 21.9. The van der Waals surface area contributed by atoms with Crippen molar-refractivity contribution in [1.82, 2.24) is 14.7 Å². The summed E-state index contributed by atoms with van der Waals surface area (Å²) in [4.78, 5) is 29.7. The number of piperidine rings is 1. The number of hydrogen-bond acceptors (Lipinski definition) is 2. The minimum atomic E-state index is -0.216. The summed E-state index contributed by atoms with van der Waals surface area (Å²) in [5.74, 6) is 0.254. The third-order valence-corrected chi connectivity index (χ3v) is 4.32. The van der Waals surface area contributed by atoms with E-state index in [9.17, 15) is 9.59 Å². The minimum absolute atomic E-state index is 0.0447. The van der Waals surface area contributed by atoms with Gasteiger partial charge in [-0.05, 0) is 19.3 Å².